The van der Waals surface area contributed by atoms with Crippen LogP contribution in [0, 0.1) is 13.8 Å². The molecule has 0 saturated heterocycles. The molecule has 8 heteroatoms. The van der Waals surface area contributed by atoms with Crippen LogP contribution in [0.15, 0.2) is 46.0 Å². The van der Waals surface area contributed by atoms with Gasteiger partial charge in [-0.2, -0.15) is 10.2 Å². The Morgan fingerprint density at radius 1 is 0.792 bits per heavy atom. The molecule has 0 fully saturated rings. The molecule has 0 aliphatic heterocycles. The predicted molar refractivity (Wildman–Crippen MR) is 84.1 cm³/mol. The Labute approximate surface area is 137 Å². The molecular weight excluding hydrogens is 308 g/mol. The number of hydrogen-bond acceptors (Lipinski definition) is 6. The van der Waals surface area contributed by atoms with Crippen LogP contribution in [-0.4, -0.2) is 29.9 Å². The summed E-state index contributed by atoms with van der Waals surface area (Å²) >= 11 is 0. The monoisotopic (exact) mass is 324 g/mol. The minimum atomic E-state index is 0.573. The molecule has 8 nitrogen and oxygen atoms in total. The Hall–Kier alpha value is -3.16. The van der Waals surface area contributed by atoms with Gasteiger partial charge in [0.1, 0.15) is 22.9 Å². The number of aryl methyl sites for hydroxylation is 2. The van der Waals surface area contributed by atoms with E-state index >= 15 is 0 Å². The highest BCUT2D eigenvalue weighted by Gasteiger charge is 2.08. The third-order valence-electron chi connectivity index (χ3n) is 3.60. The minimum absolute atomic E-state index is 0.573. The molecule has 0 N–H and O–H groups in total. The van der Waals surface area contributed by atoms with E-state index in [1.807, 2.05) is 60.1 Å². The molecule has 0 unspecified atom stereocenters. The van der Waals surface area contributed by atoms with E-state index in [0.29, 0.717) is 13.1 Å². The van der Waals surface area contributed by atoms with Crippen molar-refractivity contribution in [3.05, 3.63) is 59.8 Å². The molecular formula is C16H16N6O2. The van der Waals surface area contributed by atoms with E-state index in [4.69, 9.17) is 9.05 Å². The third kappa shape index (κ3) is 2.98. The fourth-order valence-electron chi connectivity index (χ4n) is 2.52. The largest absolute Gasteiger partial charge is 0.361 e. The summed E-state index contributed by atoms with van der Waals surface area (Å²) in [7, 11) is 0. The van der Waals surface area contributed by atoms with Crippen LogP contribution < -0.4 is 0 Å². The molecule has 0 aliphatic rings. The fourth-order valence-corrected chi connectivity index (χ4v) is 2.52. The van der Waals surface area contributed by atoms with E-state index in [-0.39, 0.29) is 0 Å². The van der Waals surface area contributed by atoms with E-state index in [1.54, 1.807) is 0 Å². The molecule has 0 atom stereocenters. The Morgan fingerprint density at radius 3 is 1.62 bits per heavy atom. The molecule has 0 bridgehead atoms. The zero-order valence-electron chi connectivity index (χ0n) is 13.4. The molecule has 24 heavy (non-hydrogen) atoms. The highest BCUT2D eigenvalue weighted by Crippen LogP contribution is 2.18. The predicted octanol–water partition coefficient (Wildman–Crippen LogP) is 2.44. The van der Waals surface area contributed by atoms with Gasteiger partial charge in [-0.1, -0.05) is 10.3 Å². The zero-order valence-corrected chi connectivity index (χ0v) is 13.4. The van der Waals surface area contributed by atoms with Crippen LogP contribution in [0.2, 0.25) is 0 Å². The van der Waals surface area contributed by atoms with Crippen molar-refractivity contribution in [1.82, 2.24) is 29.9 Å². The second-order valence-electron chi connectivity index (χ2n) is 5.71. The Balaban J connectivity index is 1.48. The molecule has 0 amide bonds. The minimum Gasteiger partial charge on any atom is -0.361 e. The average molecular weight is 324 g/mol. The summed E-state index contributed by atoms with van der Waals surface area (Å²) in [6.07, 6.45) is 7.56. The Bertz CT molecular complexity index is 882. The molecule has 0 radical (unpaired) electrons. The summed E-state index contributed by atoms with van der Waals surface area (Å²) in [4.78, 5) is 0. The lowest BCUT2D eigenvalue weighted by Gasteiger charge is -1.96. The fraction of sp³-hybridized carbons (Fsp3) is 0.250. The first-order chi connectivity index (χ1) is 11.7. The van der Waals surface area contributed by atoms with Crippen LogP contribution in [0.25, 0.3) is 11.1 Å². The maximum atomic E-state index is 5.07. The Morgan fingerprint density at radius 2 is 1.25 bits per heavy atom. The molecule has 0 saturated carbocycles. The highest BCUT2D eigenvalue weighted by molar-refractivity contribution is 5.59. The maximum Gasteiger partial charge on any atom is 0.133 e. The van der Waals surface area contributed by atoms with Gasteiger partial charge in [-0.3, -0.25) is 9.36 Å². The number of aromatic nitrogens is 6. The van der Waals surface area contributed by atoms with E-state index in [0.717, 1.165) is 34.0 Å². The van der Waals surface area contributed by atoms with Gasteiger partial charge in [0.2, 0.25) is 0 Å². The van der Waals surface area contributed by atoms with Gasteiger partial charge in [0, 0.05) is 35.7 Å². The molecule has 0 aromatic carbocycles. The van der Waals surface area contributed by atoms with E-state index in [1.165, 1.54) is 0 Å². The summed E-state index contributed by atoms with van der Waals surface area (Å²) in [5, 5.41) is 16.7. The van der Waals surface area contributed by atoms with Crippen molar-refractivity contribution in [2.45, 2.75) is 26.9 Å². The smallest absolute Gasteiger partial charge is 0.133 e. The first-order valence-corrected chi connectivity index (χ1v) is 7.55. The lowest BCUT2D eigenvalue weighted by atomic mass is 10.2. The molecule has 4 heterocycles. The zero-order chi connectivity index (χ0) is 16.5. The first-order valence-electron chi connectivity index (χ1n) is 7.55. The van der Waals surface area contributed by atoms with Crippen molar-refractivity contribution in [2.75, 3.05) is 0 Å². The van der Waals surface area contributed by atoms with Gasteiger partial charge in [0.05, 0.1) is 25.5 Å². The van der Waals surface area contributed by atoms with E-state index in [2.05, 4.69) is 20.5 Å². The summed E-state index contributed by atoms with van der Waals surface area (Å²) in [5.41, 5.74) is 3.69. The van der Waals surface area contributed by atoms with Gasteiger partial charge in [-0.05, 0) is 13.8 Å². The summed E-state index contributed by atoms with van der Waals surface area (Å²) in [6, 6.07) is 3.80. The molecule has 122 valence electrons. The van der Waals surface area contributed by atoms with Gasteiger partial charge >= 0.3 is 0 Å². The molecule has 4 aromatic rings. The standard InChI is InChI=1S/C16H16N6O2/c1-11-3-15(19-23-11)9-21-7-13(5-17-21)14-6-18-22(8-14)10-16-4-12(2)24-20-16/h3-8H,9-10H2,1-2H3. The molecule has 0 spiro atoms. The normalized spacial score (nSPS) is 11.2. The van der Waals surface area contributed by atoms with Crippen LogP contribution in [0.5, 0.6) is 0 Å². The van der Waals surface area contributed by atoms with Crippen molar-refractivity contribution < 1.29 is 9.05 Å². The van der Waals surface area contributed by atoms with Gasteiger partial charge in [0.15, 0.2) is 0 Å². The quantitative estimate of drug-likeness (QED) is 0.560. The van der Waals surface area contributed by atoms with Crippen LogP contribution in [0.1, 0.15) is 22.9 Å². The topological polar surface area (TPSA) is 87.7 Å². The molecule has 4 aromatic heterocycles. The summed E-state index contributed by atoms with van der Waals surface area (Å²) in [6.45, 7) is 4.89. The van der Waals surface area contributed by atoms with Crippen LogP contribution in [-0.2, 0) is 13.1 Å². The van der Waals surface area contributed by atoms with Crippen LogP contribution in [0.4, 0.5) is 0 Å². The lowest BCUT2D eigenvalue weighted by Crippen LogP contribution is -1.99. The van der Waals surface area contributed by atoms with Crippen molar-refractivity contribution in [1.29, 1.82) is 0 Å². The van der Waals surface area contributed by atoms with E-state index in [9.17, 15) is 0 Å². The third-order valence-corrected chi connectivity index (χ3v) is 3.60. The average Bonchev–Trinajstić information content (AvgIpc) is 3.30. The molecule has 0 aliphatic carbocycles. The summed E-state index contributed by atoms with van der Waals surface area (Å²) in [5.74, 6) is 1.59. The van der Waals surface area contributed by atoms with Crippen LogP contribution in [0.3, 0.4) is 0 Å². The molecule has 4 rings (SSSR count). The Kier molecular flexibility index (Phi) is 3.49. The van der Waals surface area contributed by atoms with Gasteiger partial charge < -0.3 is 9.05 Å². The summed E-state index contributed by atoms with van der Waals surface area (Å²) < 4.78 is 13.8. The van der Waals surface area contributed by atoms with Crippen molar-refractivity contribution in [3.8, 4) is 11.1 Å². The SMILES string of the molecule is Cc1cc(Cn2cc(-c3cnn(Cc4cc(C)on4)c3)cn2)no1. The van der Waals surface area contributed by atoms with Gasteiger partial charge in [-0.25, -0.2) is 0 Å². The van der Waals surface area contributed by atoms with Gasteiger partial charge in [0.25, 0.3) is 0 Å². The van der Waals surface area contributed by atoms with Crippen molar-refractivity contribution in [2.24, 2.45) is 0 Å². The second-order valence-corrected chi connectivity index (χ2v) is 5.71. The highest BCUT2D eigenvalue weighted by atomic mass is 16.5. The maximum absolute atomic E-state index is 5.07. The number of rotatable bonds is 5. The van der Waals surface area contributed by atoms with Crippen molar-refractivity contribution >= 4 is 0 Å². The second kappa shape index (κ2) is 5.80. The number of nitrogens with zero attached hydrogens (tertiary/aromatic N) is 6. The number of hydrogen-bond donors (Lipinski definition) is 0. The van der Waals surface area contributed by atoms with Crippen LogP contribution >= 0.6 is 0 Å². The first kappa shape index (κ1) is 14.4. The van der Waals surface area contributed by atoms with Crippen molar-refractivity contribution in [3.63, 3.8) is 0 Å². The van der Waals surface area contributed by atoms with E-state index < -0.39 is 0 Å². The van der Waals surface area contributed by atoms with Gasteiger partial charge in [-0.15, -0.1) is 0 Å². The lowest BCUT2D eigenvalue weighted by molar-refractivity contribution is 0.387.